The summed E-state index contributed by atoms with van der Waals surface area (Å²) >= 11 is 6.17. The standard InChI is InChI=1S/C19H20ClN5O/c1-14-12-17-19(21-6-7-25(17)22-14)24-10-8-23(9-11-24)18(26)13-15-4-2-3-5-16(15)20/h2-7,12H,8-11,13H2,1H3. The average Bonchev–Trinajstić information content (AvgIpc) is 3.04. The third-order valence-electron chi connectivity index (χ3n) is 4.72. The lowest BCUT2D eigenvalue weighted by atomic mass is 10.1. The molecule has 0 saturated carbocycles. The SMILES string of the molecule is Cc1cc2c(N3CCN(C(=O)Cc4ccccc4Cl)CC3)nccn2n1. The van der Waals surface area contributed by atoms with Gasteiger partial charge in [-0.3, -0.25) is 4.79 Å². The molecule has 26 heavy (non-hydrogen) atoms. The molecule has 7 heteroatoms. The number of hydrogen-bond donors (Lipinski definition) is 0. The van der Waals surface area contributed by atoms with Gasteiger partial charge in [-0.15, -0.1) is 0 Å². The van der Waals surface area contributed by atoms with Crippen LogP contribution < -0.4 is 4.90 Å². The summed E-state index contributed by atoms with van der Waals surface area (Å²) in [6.07, 6.45) is 3.97. The zero-order valence-corrected chi connectivity index (χ0v) is 15.4. The van der Waals surface area contributed by atoms with Crippen molar-refractivity contribution in [3.05, 3.63) is 59.0 Å². The van der Waals surface area contributed by atoms with Crippen LogP contribution in [-0.2, 0) is 11.2 Å². The Hall–Kier alpha value is -2.60. The quantitative estimate of drug-likeness (QED) is 0.712. The predicted octanol–water partition coefficient (Wildman–Crippen LogP) is 2.58. The summed E-state index contributed by atoms with van der Waals surface area (Å²) in [4.78, 5) is 21.3. The van der Waals surface area contributed by atoms with Gasteiger partial charge in [0.2, 0.25) is 5.91 Å². The lowest BCUT2D eigenvalue weighted by Crippen LogP contribution is -2.49. The largest absolute Gasteiger partial charge is 0.351 e. The molecule has 0 unspecified atom stereocenters. The van der Waals surface area contributed by atoms with Crippen molar-refractivity contribution in [3.63, 3.8) is 0 Å². The number of piperazine rings is 1. The summed E-state index contributed by atoms with van der Waals surface area (Å²) in [6, 6.07) is 9.55. The molecule has 3 heterocycles. The second-order valence-electron chi connectivity index (χ2n) is 6.50. The Morgan fingerprint density at radius 1 is 1.19 bits per heavy atom. The number of aromatic nitrogens is 3. The van der Waals surface area contributed by atoms with Gasteiger partial charge >= 0.3 is 0 Å². The minimum Gasteiger partial charge on any atom is -0.351 e. The molecule has 0 spiro atoms. The first-order chi connectivity index (χ1) is 12.6. The van der Waals surface area contributed by atoms with E-state index in [0.29, 0.717) is 24.5 Å². The van der Waals surface area contributed by atoms with Crippen LogP contribution in [0.1, 0.15) is 11.3 Å². The third kappa shape index (κ3) is 3.24. The summed E-state index contributed by atoms with van der Waals surface area (Å²) in [5.74, 6) is 1.04. The van der Waals surface area contributed by atoms with Crippen LogP contribution in [0.15, 0.2) is 42.7 Å². The van der Waals surface area contributed by atoms with Crippen molar-refractivity contribution >= 4 is 28.8 Å². The molecule has 1 aliphatic heterocycles. The van der Waals surface area contributed by atoms with Crippen LogP contribution in [0.25, 0.3) is 5.52 Å². The number of nitrogens with zero attached hydrogens (tertiary/aromatic N) is 5. The number of benzene rings is 1. The number of rotatable bonds is 3. The van der Waals surface area contributed by atoms with Gasteiger partial charge in [-0.05, 0) is 24.6 Å². The fraction of sp³-hybridized carbons (Fsp3) is 0.316. The van der Waals surface area contributed by atoms with E-state index in [2.05, 4.69) is 15.0 Å². The molecule has 6 nitrogen and oxygen atoms in total. The highest BCUT2D eigenvalue weighted by Gasteiger charge is 2.23. The van der Waals surface area contributed by atoms with E-state index in [1.54, 1.807) is 6.20 Å². The zero-order chi connectivity index (χ0) is 18.1. The van der Waals surface area contributed by atoms with Crippen LogP contribution in [-0.4, -0.2) is 51.6 Å². The second-order valence-corrected chi connectivity index (χ2v) is 6.91. The van der Waals surface area contributed by atoms with Crippen molar-refractivity contribution in [3.8, 4) is 0 Å². The second kappa shape index (κ2) is 6.96. The molecule has 0 atom stereocenters. The van der Waals surface area contributed by atoms with E-state index in [1.165, 1.54) is 0 Å². The van der Waals surface area contributed by atoms with Crippen molar-refractivity contribution in [2.24, 2.45) is 0 Å². The third-order valence-corrected chi connectivity index (χ3v) is 5.09. The van der Waals surface area contributed by atoms with E-state index in [4.69, 9.17) is 11.6 Å². The Balaban J connectivity index is 1.44. The minimum atomic E-state index is 0.115. The van der Waals surface area contributed by atoms with Crippen LogP contribution in [0.5, 0.6) is 0 Å². The Morgan fingerprint density at radius 3 is 2.73 bits per heavy atom. The van der Waals surface area contributed by atoms with E-state index in [-0.39, 0.29) is 5.91 Å². The molecular formula is C19H20ClN5O. The highest BCUT2D eigenvalue weighted by atomic mass is 35.5. The molecule has 0 N–H and O–H groups in total. The van der Waals surface area contributed by atoms with Gasteiger partial charge < -0.3 is 9.80 Å². The topological polar surface area (TPSA) is 53.7 Å². The predicted molar refractivity (Wildman–Crippen MR) is 102 cm³/mol. The normalized spacial score (nSPS) is 14.8. The number of hydrogen-bond acceptors (Lipinski definition) is 4. The zero-order valence-electron chi connectivity index (χ0n) is 14.6. The van der Waals surface area contributed by atoms with Crippen LogP contribution in [0.3, 0.4) is 0 Å². The molecule has 1 aromatic carbocycles. The van der Waals surface area contributed by atoms with E-state index in [9.17, 15) is 4.79 Å². The van der Waals surface area contributed by atoms with Crippen molar-refractivity contribution in [1.29, 1.82) is 0 Å². The molecular weight excluding hydrogens is 350 g/mol. The fourth-order valence-corrected chi connectivity index (χ4v) is 3.56. The van der Waals surface area contributed by atoms with Crippen molar-refractivity contribution in [2.75, 3.05) is 31.1 Å². The summed E-state index contributed by atoms with van der Waals surface area (Å²) in [5.41, 5.74) is 2.84. The molecule has 0 radical (unpaired) electrons. The molecule has 1 amide bonds. The van der Waals surface area contributed by atoms with Crippen molar-refractivity contribution in [1.82, 2.24) is 19.5 Å². The van der Waals surface area contributed by atoms with Crippen LogP contribution in [0.4, 0.5) is 5.82 Å². The molecule has 1 fully saturated rings. The van der Waals surface area contributed by atoms with Gasteiger partial charge in [-0.25, -0.2) is 9.50 Å². The molecule has 3 aromatic rings. The molecule has 1 aliphatic rings. The lowest BCUT2D eigenvalue weighted by molar-refractivity contribution is -0.130. The van der Waals surface area contributed by atoms with Crippen molar-refractivity contribution in [2.45, 2.75) is 13.3 Å². The maximum absolute atomic E-state index is 12.6. The minimum absolute atomic E-state index is 0.115. The average molecular weight is 370 g/mol. The van der Waals surface area contributed by atoms with E-state index in [1.807, 2.05) is 52.9 Å². The van der Waals surface area contributed by atoms with Gasteiger partial charge in [0, 0.05) is 43.6 Å². The number of fused-ring (bicyclic) bond motifs is 1. The van der Waals surface area contributed by atoms with Gasteiger partial charge in [0.05, 0.1) is 12.1 Å². The summed E-state index contributed by atoms with van der Waals surface area (Å²) in [7, 11) is 0. The van der Waals surface area contributed by atoms with Gasteiger partial charge in [-0.1, -0.05) is 29.8 Å². The number of anilines is 1. The molecule has 134 valence electrons. The van der Waals surface area contributed by atoms with Crippen LogP contribution >= 0.6 is 11.6 Å². The maximum Gasteiger partial charge on any atom is 0.227 e. The fourth-order valence-electron chi connectivity index (χ4n) is 3.36. The van der Waals surface area contributed by atoms with E-state index >= 15 is 0 Å². The van der Waals surface area contributed by atoms with Gasteiger partial charge in [0.15, 0.2) is 5.82 Å². The number of carbonyl (C=O) groups excluding carboxylic acids is 1. The van der Waals surface area contributed by atoms with Gasteiger partial charge in [-0.2, -0.15) is 5.10 Å². The molecule has 4 rings (SSSR count). The first kappa shape index (κ1) is 16.8. The first-order valence-corrected chi connectivity index (χ1v) is 9.07. The smallest absolute Gasteiger partial charge is 0.227 e. The molecule has 0 bridgehead atoms. The number of halogens is 1. The summed E-state index contributed by atoms with van der Waals surface area (Å²) in [5, 5.41) is 5.08. The number of amides is 1. The Labute approximate surface area is 157 Å². The molecule has 1 saturated heterocycles. The van der Waals surface area contributed by atoms with Gasteiger partial charge in [0.1, 0.15) is 5.52 Å². The van der Waals surface area contributed by atoms with Gasteiger partial charge in [0.25, 0.3) is 0 Å². The van der Waals surface area contributed by atoms with Crippen molar-refractivity contribution < 1.29 is 4.79 Å². The van der Waals surface area contributed by atoms with Crippen LogP contribution in [0.2, 0.25) is 5.02 Å². The molecule has 0 aliphatic carbocycles. The highest BCUT2D eigenvalue weighted by Crippen LogP contribution is 2.22. The summed E-state index contributed by atoms with van der Waals surface area (Å²) < 4.78 is 1.85. The maximum atomic E-state index is 12.6. The molecule has 2 aromatic heterocycles. The monoisotopic (exact) mass is 369 g/mol. The first-order valence-electron chi connectivity index (χ1n) is 8.69. The van der Waals surface area contributed by atoms with Crippen LogP contribution in [0, 0.1) is 6.92 Å². The highest BCUT2D eigenvalue weighted by molar-refractivity contribution is 6.31. The number of carbonyl (C=O) groups is 1. The number of aryl methyl sites for hydroxylation is 1. The Bertz CT molecular complexity index is 946. The summed E-state index contributed by atoms with van der Waals surface area (Å²) in [6.45, 7) is 4.84. The van der Waals surface area contributed by atoms with E-state index < -0.39 is 0 Å². The Kier molecular flexibility index (Phi) is 4.51. The lowest BCUT2D eigenvalue weighted by Gasteiger charge is -2.35. The van der Waals surface area contributed by atoms with E-state index in [0.717, 1.165) is 35.7 Å². The Morgan fingerprint density at radius 2 is 1.96 bits per heavy atom.